The van der Waals surface area contributed by atoms with Gasteiger partial charge in [-0.05, 0) is 24.1 Å². The largest absolute Gasteiger partial charge is 0.315 e. The number of hydrogen-bond donors (Lipinski definition) is 1. The maximum atomic E-state index is 6.11. The van der Waals surface area contributed by atoms with Crippen molar-refractivity contribution in [1.82, 2.24) is 5.32 Å². The minimum absolute atomic E-state index is 0.638. The van der Waals surface area contributed by atoms with Crippen LogP contribution in [0.2, 0.25) is 5.02 Å². The molecule has 1 aliphatic rings. The van der Waals surface area contributed by atoms with E-state index in [0.717, 1.165) is 18.1 Å². The quantitative estimate of drug-likeness (QED) is 0.702. The summed E-state index contributed by atoms with van der Waals surface area (Å²) in [5.41, 5.74) is 2.65. The molecule has 1 aromatic rings. The van der Waals surface area contributed by atoms with Gasteiger partial charge in [0.15, 0.2) is 0 Å². The van der Waals surface area contributed by atoms with Crippen LogP contribution in [0.4, 0.5) is 0 Å². The molecule has 0 amide bonds. The van der Waals surface area contributed by atoms with Crippen LogP contribution >= 0.6 is 11.6 Å². The maximum absolute atomic E-state index is 6.11. The van der Waals surface area contributed by atoms with Crippen LogP contribution in [0.5, 0.6) is 0 Å². The molecule has 0 radical (unpaired) electrons. The van der Waals surface area contributed by atoms with Crippen molar-refractivity contribution in [3.05, 3.63) is 34.3 Å². The van der Waals surface area contributed by atoms with Crippen molar-refractivity contribution in [2.75, 3.05) is 13.1 Å². The van der Waals surface area contributed by atoms with Crippen LogP contribution in [0, 0.1) is 6.92 Å². The molecule has 0 aliphatic carbocycles. The average Bonchev–Trinajstić information content (AvgIpc) is 1.93. The summed E-state index contributed by atoms with van der Waals surface area (Å²) < 4.78 is 0. The molecular formula is C10H12ClN. The highest BCUT2D eigenvalue weighted by Crippen LogP contribution is 2.29. The molecule has 64 valence electrons. The summed E-state index contributed by atoms with van der Waals surface area (Å²) in [6.45, 7) is 4.27. The molecule has 1 saturated heterocycles. The van der Waals surface area contributed by atoms with E-state index in [1.54, 1.807) is 0 Å². The van der Waals surface area contributed by atoms with E-state index >= 15 is 0 Å². The molecule has 12 heavy (non-hydrogen) atoms. The fourth-order valence-corrected chi connectivity index (χ4v) is 2.03. The van der Waals surface area contributed by atoms with Gasteiger partial charge in [0, 0.05) is 24.0 Å². The van der Waals surface area contributed by atoms with Gasteiger partial charge >= 0.3 is 0 Å². The summed E-state index contributed by atoms with van der Waals surface area (Å²) in [7, 11) is 0. The van der Waals surface area contributed by atoms with E-state index in [-0.39, 0.29) is 0 Å². The Morgan fingerprint density at radius 2 is 2.17 bits per heavy atom. The summed E-state index contributed by atoms with van der Waals surface area (Å²) in [5, 5.41) is 4.17. The second kappa shape index (κ2) is 3.08. The molecule has 1 N–H and O–H groups in total. The normalized spacial score (nSPS) is 17.5. The van der Waals surface area contributed by atoms with Crippen LogP contribution in [0.25, 0.3) is 0 Å². The van der Waals surface area contributed by atoms with Crippen LogP contribution in [0.3, 0.4) is 0 Å². The average molecular weight is 182 g/mol. The minimum Gasteiger partial charge on any atom is -0.315 e. The van der Waals surface area contributed by atoms with Crippen molar-refractivity contribution in [3.8, 4) is 0 Å². The van der Waals surface area contributed by atoms with Crippen molar-refractivity contribution < 1.29 is 0 Å². The van der Waals surface area contributed by atoms with Gasteiger partial charge in [-0.1, -0.05) is 23.7 Å². The third-order valence-corrected chi connectivity index (χ3v) is 2.79. The van der Waals surface area contributed by atoms with Gasteiger partial charge < -0.3 is 5.32 Å². The highest BCUT2D eigenvalue weighted by Gasteiger charge is 2.22. The Hall–Kier alpha value is -0.530. The monoisotopic (exact) mass is 181 g/mol. The Morgan fingerprint density at radius 3 is 2.67 bits per heavy atom. The molecule has 1 aromatic carbocycles. The number of halogens is 1. The summed E-state index contributed by atoms with van der Waals surface area (Å²) in [5.74, 6) is 0.638. The Balaban J connectivity index is 2.39. The lowest BCUT2D eigenvalue weighted by Crippen LogP contribution is -2.40. The smallest absolute Gasteiger partial charge is 0.0444 e. The first kappa shape index (κ1) is 8.09. The third kappa shape index (κ3) is 1.23. The van der Waals surface area contributed by atoms with E-state index in [2.05, 4.69) is 18.3 Å². The van der Waals surface area contributed by atoms with Crippen molar-refractivity contribution >= 4 is 11.6 Å². The first-order valence-corrected chi connectivity index (χ1v) is 4.62. The lowest BCUT2D eigenvalue weighted by molar-refractivity contribution is 0.447. The van der Waals surface area contributed by atoms with Crippen molar-refractivity contribution in [2.24, 2.45) is 0 Å². The molecule has 1 aliphatic heterocycles. The highest BCUT2D eigenvalue weighted by atomic mass is 35.5. The molecule has 0 aromatic heterocycles. The summed E-state index contributed by atoms with van der Waals surface area (Å²) in [4.78, 5) is 0. The van der Waals surface area contributed by atoms with Gasteiger partial charge in [0.05, 0.1) is 0 Å². The van der Waals surface area contributed by atoms with Gasteiger partial charge in [-0.3, -0.25) is 0 Å². The Kier molecular flexibility index (Phi) is 2.07. The van der Waals surface area contributed by atoms with Gasteiger partial charge in [0.2, 0.25) is 0 Å². The Morgan fingerprint density at radius 1 is 1.42 bits per heavy atom. The second-order valence-electron chi connectivity index (χ2n) is 3.33. The third-order valence-electron chi connectivity index (χ3n) is 2.46. The van der Waals surface area contributed by atoms with Gasteiger partial charge in [-0.15, -0.1) is 0 Å². The fourth-order valence-electron chi connectivity index (χ4n) is 1.65. The lowest BCUT2D eigenvalue weighted by atomic mass is 9.90. The highest BCUT2D eigenvalue weighted by molar-refractivity contribution is 6.31. The lowest BCUT2D eigenvalue weighted by Gasteiger charge is -2.29. The van der Waals surface area contributed by atoms with Gasteiger partial charge in [0.1, 0.15) is 0 Å². The van der Waals surface area contributed by atoms with Gasteiger partial charge in [-0.2, -0.15) is 0 Å². The van der Waals surface area contributed by atoms with Crippen LogP contribution in [0.1, 0.15) is 17.0 Å². The summed E-state index contributed by atoms with van der Waals surface area (Å²) in [6, 6.07) is 6.11. The fraction of sp³-hybridized carbons (Fsp3) is 0.400. The number of hydrogen-bond acceptors (Lipinski definition) is 1. The number of nitrogens with one attached hydrogen (secondary N) is 1. The number of rotatable bonds is 1. The Bertz CT molecular complexity index is 272. The molecule has 2 rings (SSSR count). The molecule has 1 fully saturated rings. The SMILES string of the molecule is Cc1cccc(Cl)c1C1CNC1. The zero-order valence-corrected chi connectivity index (χ0v) is 7.86. The molecule has 0 saturated carbocycles. The van der Waals surface area contributed by atoms with Crippen molar-refractivity contribution in [3.63, 3.8) is 0 Å². The van der Waals surface area contributed by atoms with Crippen LogP contribution in [0.15, 0.2) is 18.2 Å². The van der Waals surface area contributed by atoms with E-state index in [4.69, 9.17) is 11.6 Å². The number of aryl methyl sites for hydroxylation is 1. The van der Waals surface area contributed by atoms with Crippen LogP contribution in [-0.4, -0.2) is 13.1 Å². The van der Waals surface area contributed by atoms with Gasteiger partial charge in [-0.25, -0.2) is 0 Å². The molecule has 0 atom stereocenters. The second-order valence-corrected chi connectivity index (χ2v) is 3.73. The van der Waals surface area contributed by atoms with Crippen molar-refractivity contribution in [1.29, 1.82) is 0 Å². The minimum atomic E-state index is 0.638. The molecule has 0 bridgehead atoms. The maximum Gasteiger partial charge on any atom is 0.0444 e. The van der Waals surface area contributed by atoms with Crippen molar-refractivity contribution in [2.45, 2.75) is 12.8 Å². The predicted octanol–water partition coefficient (Wildman–Crippen LogP) is 2.34. The summed E-state index contributed by atoms with van der Waals surface area (Å²) >= 11 is 6.11. The van der Waals surface area contributed by atoms with E-state index in [1.165, 1.54) is 11.1 Å². The molecule has 2 heteroatoms. The number of benzene rings is 1. The topological polar surface area (TPSA) is 12.0 Å². The zero-order valence-electron chi connectivity index (χ0n) is 7.10. The summed E-state index contributed by atoms with van der Waals surface area (Å²) in [6.07, 6.45) is 0. The standard InChI is InChI=1S/C10H12ClN/c1-7-3-2-4-9(11)10(7)8-5-12-6-8/h2-4,8,12H,5-6H2,1H3. The molecule has 0 unspecified atom stereocenters. The zero-order chi connectivity index (χ0) is 8.55. The van der Waals surface area contributed by atoms with Gasteiger partial charge in [0.25, 0.3) is 0 Å². The Labute approximate surface area is 77.7 Å². The molecule has 1 nitrogen and oxygen atoms in total. The first-order valence-electron chi connectivity index (χ1n) is 4.25. The van der Waals surface area contributed by atoms with Crippen LogP contribution < -0.4 is 5.32 Å². The van der Waals surface area contributed by atoms with E-state index in [1.807, 2.05) is 12.1 Å². The molecular weight excluding hydrogens is 170 g/mol. The van der Waals surface area contributed by atoms with E-state index < -0.39 is 0 Å². The molecule has 1 heterocycles. The van der Waals surface area contributed by atoms with E-state index in [0.29, 0.717) is 5.92 Å². The predicted molar refractivity (Wildman–Crippen MR) is 51.8 cm³/mol. The first-order chi connectivity index (χ1) is 5.79. The van der Waals surface area contributed by atoms with Crippen LogP contribution in [-0.2, 0) is 0 Å². The molecule has 0 spiro atoms. The van der Waals surface area contributed by atoms with E-state index in [9.17, 15) is 0 Å².